The second kappa shape index (κ2) is 8.51. The zero-order valence-electron chi connectivity index (χ0n) is 16.7. The zero-order valence-corrected chi connectivity index (χ0v) is 16.7. The third kappa shape index (κ3) is 4.07. The van der Waals surface area contributed by atoms with Crippen molar-refractivity contribution in [1.82, 2.24) is 5.32 Å². The maximum absolute atomic E-state index is 14.5. The molecule has 0 aromatic heterocycles. The molecule has 1 aliphatic rings. The van der Waals surface area contributed by atoms with E-state index in [4.69, 9.17) is 9.47 Å². The van der Waals surface area contributed by atoms with Gasteiger partial charge < -0.3 is 9.47 Å². The Morgan fingerprint density at radius 1 is 1.10 bits per heavy atom. The lowest BCUT2D eigenvalue weighted by Crippen LogP contribution is -2.58. The van der Waals surface area contributed by atoms with Crippen molar-refractivity contribution < 1.29 is 27.6 Å². The largest absolute Gasteiger partial charge is 0.490 e. The lowest BCUT2D eigenvalue weighted by atomic mass is 9.77. The number of rotatable bonds is 7. The van der Waals surface area contributed by atoms with Crippen LogP contribution in [0.2, 0.25) is 0 Å². The summed E-state index contributed by atoms with van der Waals surface area (Å²) in [6.45, 7) is 4.34. The first-order chi connectivity index (χ1) is 14.2. The predicted molar refractivity (Wildman–Crippen MR) is 105 cm³/mol. The van der Waals surface area contributed by atoms with Gasteiger partial charge in [0.2, 0.25) is 0 Å². The molecular weight excluding hydrogens is 401 g/mol. The van der Waals surface area contributed by atoms with E-state index in [0.717, 1.165) is 0 Å². The zero-order chi connectivity index (χ0) is 21.9. The van der Waals surface area contributed by atoms with Gasteiger partial charge in [-0.3, -0.25) is 15.4 Å². The Morgan fingerprint density at radius 2 is 1.70 bits per heavy atom. The van der Waals surface area contributed by atoms with Gasteiger partial charge in [-0.05, 0) is 49.1 Å². The van der Waals surface area contributed by atoms with E-state index in [2.05, 4.69) is 5.32 Å². The van der Waals surface area contributed by atoms with Gasteiger partial charge in [0, 0.05) is 25.1 Å². The molecular formula is C21H23F3N2O4. The van der Waals surface area contributed by atoms with Crippen molar-refractivity contribution in [3.8, 4) is 11.5 Å². The van der Waals surface area contributed by atoms with Crippen molar-refractivity contribution in [3.63, 3.8) is 0 Å². The third-order valence-corrected chi connectivity index (χ3v) is 5.15. The van der Waals surface area contributed by atoms with E-state index in [9.17, 15) is 23.3 Å². The highest BCUT2D eigenvalue weighted by Gasteiger charge is 2.57. The normalized spacial score (nSPS) is 18.6. The molecule has 9 heteroatoms. The standard InChI is InChI=1S/C21H23F3N2O4/c1-3-29-18-11-15-9-10-25-20(21(22,23)24,17(15)12-19(18)30-4-2)13-14-5-7-16(8-6-14)26(27)28/h5-8,11-12,25H,3-4,9-10,13H2,1-2H3. The molecule has 2 aromatic carbocycles. The number of nitrogens with one attached hydrogen (secondary N) is 1. The monoisotopic (exact) mass is 424 g/mol. The molecule has 1 heterocycles. The average Bonchev–Trinajstić information content (AvgIpc) is 2.69. The van der Waals surface area contributed by atoms with Gasteiger partial charge in [-0.15, -0.1) is 0 Å². The molecule has 6 nitrogen and oxygen atoms in total. The van der Waals surface area contributed by atoms with Crippen LogP contribution >= 0.6 is 0 Å². The smallest absolute Gasteiger partial charge is 0.411 e. The number of alkyl halides is 3. The van der Waals surface area contributed by atoms with Crippen LogP contribution in [0.3, 0.4) is 0 Å². The molecule has 0 bridgehead atoms. The van der Waals surface area contributed by atoms with Gasteiger partial charge in [0.25, 0.3) is 5.69 Å². The Balaban J connectivity index is 2.12. The number of nitro groups is 1. The van der Waals surface area contributed by atoms with Crippen LogP contribution in [0.5, 0.6) is 11.5 Å². The van der Waals surface area contributed by atoms with Crippen LogP contribution in [0.15, 0.2) is 36.4 Å². The van der Waals surface area contributed by atoms with Crippen molar-refractivity contribution in [3.05, 3.63) is 63.2 Å². The van der Waals surface area contributed by atoms with E-state index in [1.165, 1.54) is 30.3 Å². The number of nitrogens with zero attached hydrogens (tertiary/aromatic N) is 1. The van der Waals surface area contributed by atoms with Crippen molar-refractivity contribution >= 4 is 5.69 Å². The third-order valence-electron chi connectivity index (χ3n) is 5.15. The number of benzene rings is 2. The second-order valence-electron chi connectivity index (χ2n) is 7.00. The molecule has 1 atom stereocenters. The topological polar surface area (TPSA) is 73.6 Å². The first-order valence-corrected chi connectivity index (χ1v) is 9.70. The summed E-state index contributed by atoms with van der Waals surface area (Å²) in [5.74, 6) is 0.686. The molecule has 1 aliphatic heterocycles. The molecule has 0 saturated carbocycles. The fraction of sp³-hybridized carbons (Fsp3) is 0.429. The van der Waals surface area contributed by atoms with E-state index in [1.54, 1.807) is 19.9 Å². The number of halogens is 3. The van der Waals surface area contributed by atoms with Crippen molar-refractivity contribution in [2.24, 2.45) is 0 Å². The van der Waals surface area contributed by atoms with Crippen LogP contribution in [-0.4, -0.2) is 30.9 Å². The minimum Gasteiger partial charge on any atom is -0.490 e. The van der Waals surface area contributed by atoms with Crippen molar-refractivity contribution in [2.75, 3.05) is 19.8 Å². The fourth-order valence-electron chi connectivity index (χ4n) is 3.80. The lowest BCUT2D eigenvalue weighted by Gasteiger charge is -2.42. The number of hydrogen-bond acceptors (Lipinski definition) is 5. The predicted octanol–water partition coefficient (Wildman–Crippen LogP) is 4.54. The molecule has 3 rings (SSSR count). The highest BCUT2D eigenvalue weighted by molar-refractivity contribution is 5.52. The average molecular weight is 424 g/mol. The van der Waals surface area contributed by atoms with E-state index < -0.39 is 23.1 Å². The van der Waals surface area contributed by atoms with Crippen LogP contribution in [-0.2, 0) is 18.4 Å². The molecule has 0 saturated heterocycles. The van der Waals surface area contributed by atoms with Gasteiger partial charge in [0.05, 0.1) is 18.1 Å². The van der Waals surface area contributed by atoms with Gasteiger partial charge in [-0.1, -0.05) is 12.1 Å². The summed E-state index contributed by atoms with van der Waals surface area (Å²) in [6, 6.07) is 8.19. The Kier molecular flexibility index (Phi) is 6.21. The number of ether oxygens (including phenoxy) is 2. The van der Waals surface area contributed by atoms with Gasteiger partial charge >= 0.3 is 6.18 Å². The summed E-state index contributed by atoms with van der Waals surface area (Å²) in [5.41, 5.74) is -1.54. The Hall–Kier alpha value is -2.81. The van der Waals surface area contributed by atoms with Crippen LogP contribution in [0.1, 0.15) is 30.5 Å². The Labute approximate surface area is 172 Å². The quantitative estimate of drug-likeness (QED) is 0.522. The summed E-state index contributed by atoms with van der Waals surface area (Å²) in [5, 5.41) is 13.5. The first-order valence-electron chi connectivity index (χ1n) is 9.70. The molecule has 0 aliphatic carbocycles. The lowest BCUT2D eigenvalue weighted by molar-refractivity contribution is -0.384. The number of non-ortho nitro benzene ring substituents is 1. The van der Waals surface area contributed by atoms with Crippen molar-refractivity contribution in [1.29, 1.82) is 0 Å². The SMILES string of the molecule is CCOc1cc2c(cc1OCC)C(Cc1ccc([N+](=O)[O-])cc1)(C(F)(F)F)NCC2. The summed E-state index contributed by atoms with van der Waals surface area (Å²) in [6.07, 6.45) is -4.60. The first kappa shape index (κ1) is 21.9. The number of nitro benzene ring substituents is 1. The maximum Gasteiger partial charge on any atom is 0.411 e. The van der Waals surface area contributed by atoms with Crippen LogP contribution < -0.4 is 14.8 Å². The summed E-state index contributed by atoms with van der Waals surface area (Å²) in [7, 11) is 0. The Morgan fingerprint density at radius 3 is 2.23 bits per heavy atom. The molecule has 0 radical (unpaired) electrons. The molecule has 1 N–H and O–H groups in total. The van der Waals surface area contributed by atoms with E-state index in [1.807, 2.05) is 0 Å². The summed E-state index contributed by atoms with van der Waals surface area (Å²) < 4.78 is 54.6. The summed E-state index contributed by atoms with van der Waals surface area (Å²) in [4.78, 5) is 10.3. The molecule has 0 fully saturated rings. The minimum absolute atomic E-state index is 0.0894. The number of hydrogen-bond donors (Lipinski definition) is 1. The van der Waals surface area contributed by atoms with Crippen molar-refractivity contribution in [2.45, 2.75) is 38.4 Å². The fourth-order valence-corrected chi connectivity index (χ4v) is 3.80. The molecule has 162 valence electrons. The highest BCUT2D eigenvalue weighted by Crippen LogP contribution is 2.47. The van der Waals surface area contributed by atoms with Gasteiger partial charge in [0.1, 0.15) is 5.54 Å². The van der Waals surface area contributed by atoms with Gasteiger partial charge in [-0.2, -0.15) is 13.2 Å². The molecule has 30 heavy (non-hydrogen) atoms. The minimum atomic E-state index is -4.61. The van der Waals surface area contributed by atoms with Gasteiger partial charge in [-0.25, -0.2) is 0 Å². The molecule has 2 aromatic rings. The molecule has 1 unspecified atom stereocenters. The second-order valence-corrected chi connectivity index (χ2v) is 7.00. The van der Waals surface area contributed by atoms with Crippen LogP contribution in [0, 0.1) is 10.1 Å². The number of fused-ring (bicyclic) bond motifs is 1. The molecule has 0 spiro atoms. The van der Waals surface area contributed by atoms with E-state index in [0.29, 0.717) is 29.9 Å². The summed E-state index contributed by atoms with van der Waals surface area (Å²) >= 11 is 0. The maximum atomic E-state index is 14.5. The Bertz CT molecular complexity index is 916. The van der Waals surface area contributed by atoms with E-state index >= 15 is 0 Å². The van der Waals surface area contributed by atoms with E-state index in [-0.39, 0.29) is 30.2 Å². The molecule has 0 amide bonds. The highest BCUT2D eigenvalue weighted by atomic mass is 19.4. The van der Waals surface area contributed by atoms with Crippen LogP contribution in [0.4, 0.5) is 18.9 Å². The van der Waals surface area contributed by atoms with Crippen LogP contribution in [0.25, 0.3) is 0 Å². The van der Waals surface area contributed by atoms with Gasteiger partial charge in [0.15, 0.2) is 11.5 Å².